The Morgan fingerprint density at radius 3 is 2.80 bits per heavy atom. The van der Waals surface area contributed by atoms with E-state index in [0.717, 1.165) is 0 Å². The molecule has 2 unspecified atom stereocenters. The fourth-order valence-electron chi connectivity index (χ4n) is 4.32. The van der Waals surface area contributed by atoms with Gasteiger partial charge in [-0.25, -0.2) is 9.37 Å². The number of carbonyl (C=O) groups is 2. The van der Waals surface area contributed by atoms with E-state index in [9.17, 15) is 23.9 Å². The molecule has 11 heteroatoms. The minimum Gasteiger partial charge on any atom is -0.501 e. The minimum absolute atomic E-state index is 0.0313. The van der Waals surface area contributed by atoms with Crippen LogP contribution >= 0.6 is 0 Å². The van der Waals surface area contributed by atoms with Crippen LogP contribution in [0.5, 0.6) is 11.5 Å². The minimum atomic E-state index is -0.781. The number of hydrogen-bond donors (Lipinski definition) is 2. The van der Waals surface area contributed by atoms with Crippen molar-refractivity contribution >= 4 is 11.8 Å². The molecule has 10 nitrogen and oxygen atoms in total. The first-order valence-corrected chi connectivity index (χ1v) is 11.7. The number of hydrogen-bond acceptors (Lipinski definition) is 7. The van der Waals surface area contributed by atoms with Crippen LogP contribution in [0.25, 0.3) is 0 Å². The van der Waals surface area contributed by atoms with Gasteiger partial charge in [-0.2, -0.15) is 0 Å². The molecular formula is C24H29FN4O6. The quantitative estimate of drug-likeness (QED) is 0.630. The third-order valence-corrected chi connectivity index (χ3v) is 6.43. The molecule has 2 aliphatic rings. The number of fused-ring (bicyclic) bond motifs is 2. The van der Waals surface area contributed by atoms with Crippen LogP contribution in [0.3, 0.4) is 0 Å². The molecule has 0 spiro atoms. The lowest BCUT2D eigenvalue weighted by Crippen LogP contribution is -2.39. The van der Waals surface area contributed by atoms with E-state index in [1.807, 2.05) is 6.92 Å². The fraction of sp³-hybridized carbons (Fsp3) is 0.500. The van der Waals surface area contributed by atoms with Gasteiger partial charge >= 0.3 is 0 Å². The Hall–Kier alpha value is -3.47. The van der Waals surface area contributed by atoms with Crippen molar-refractivity contribution in [2.75, 3.05) is 26.9 Å². The number of aromatic hydroxyl groups is 1. The maximum absolute atomic E-state index is 13.8. The summed E-state index contributed by atoms with van der Waals surface area (Å²) in [6.07, 6.45) is 1.85. The Bertz CT molecular complexity index is 1180. The Labute approximate surface area is 201 Å². The number of nitrogens with one attached hydrogen (secondary N) is 1. The van der Waals surface area contributed by atoms with Gasteiger partial charge in [-0.05, 0) is 25.3 Å². The van der Waals surface area contributed by atoms with Crippen molar-refractivity contribution in [2.45, 2.75) is 51.2 Å². The smallest absolute Gasteiger partial charge is 0.296 e. The van der Waals surface area contributed by atoms with Crippen molar-refractivity contribution in [3.8, 4) is 11.5 Å². The molecule has 0 saturated carbocycles. The van der Waals surface area contributed by atoms with Crippen molar-refractivity contribution in [3.63, 3.8) is 0 Å². The van der Waals surface area contributed by atoms with E-state index in [0.29, 0.717) is 24.8 Å². The van der Waals surface area contributed by atoms with Crippen LogP contribution in [0.4, 0.5) is 4.39 Å². The van der Waals surface area contributed by atoms with Gasteiger partial charge in [0.2, 0.25) is 11.7 Å². The van der Waals surface area contributed by atoms with Gasteiger partial charge in [0.1, 0.15) is 23.4 Å². The zero-order valence-corrected chi connectivity index (χ0v) is 19.8. The summed E-state index contributed by atoms with van der Waals surface area (Å²) in [4.78, 5) is 45.1. The molecule has 35 heavy (non-hydrogen) atoms. The van der Waals surface area contributed by atoms with Crippen LogP contribution in [0.2, 0.25) is 0 Å². The molecule has 2 aliphatic heterocycles. The molecule has 0 saturated heterocycles. The number of nitrogens with zero attached hydrogens (tertiary/aromatic N) is 3. The van der Waals surface area contributed by atoms with Crippen LogP contribution in [0.1, 0.15) is 66.6 Å². The van der Waals surface area contributed by atoms with E-state index in [-0.39, 0.29) is 50.3 Å². The molecule has 1 aromatic carbocycles. The zero-order chi connectivity index (χ0) is 25.1. The summed E-state index contributed by atoms with van der Waals surface area (Å²) in [5, 5.41) is 13.3. The number of ether oxygens (including phenoxy) is 2. The van der Waals surface area contributed by atoms with Gasteiger partial charge in [-0.15, -0.1) is 0 Å². The predicted molar refractivity (Wildman–Crippen MR) is 123 cm³/mol. The summed E-state index contributed by atoms with van der Waals surface area (Å²) < 4.78 is 26.6. The first kappa shape index (κ1) is 24.6. The lowest BCUT2D eigenvalue weighted by molar-refractivity contribution is -0.133. The van der Waals surface area contributed by atoms with Crippen molar-refractivity contribution in [3.05, 3.63) is 51.5 Å². The molecule has 0 radical (unpaired) electrons. The largest absolute Gasteiger partial charge is 0.501 e. The number of aromatic nitrogens is 2. The van der Waals surface area contributed by atoms with Gasteiger partial charge < -0.3 is 24.8 Å². The average Bonchev–Trinajstić information content (AvgIpc) is 3.03. The van der Waals surface area contributed by atoms with E-state index < -0.39 is 40.8 Å². The molecule has 2 bridgehead atoms. The maximum atomic E-state index is 13.8. The van der Waals surface area contributed by atoms with Gasteiger partial charge in [0.25, 0.3) is 11.5 Å². The highest BCUT2D eigenvalue weighted by atomic mass is 19.1. The lowest BCUT2D eigenvalue weighted by atomic mass is 10.1. The summed E-state index contributed by atoms with van der Waals surface area (Å²) in [5.74, 6) is -1.78. The normalized spacial score (nSPS) is 21.5. The number of likely N-dealkylation sites (N-methyl/N-ethyl adjacent to an activating group) is 1. The zero-order valence-electron chi connectivity index (χ0n) is 19.8. The summed E-state index contributed by atoms with van der Waals surface area (Å²) in [6.45, 7) is 2.42. The third-order valence-electron chi connectivity index (χ3n) is 6.43. The number of carbonyl (C=O) groups excluding carboxylic acids is 2. The van der Waals surface area contributed by atoms with E-state index in [1.54, 1.807) is 7.05 Å². The first-order chi connectivity index (χ1) is 16.8. The molecule has 2 N–H and O–H groups in total. The van der Waals surface area contributed by atoms with Gasteiger partial charge in [0, 0.05) is 31.6 Å². The lowest BCUT2D eigenvalue weighted by Gasteiger charge is -2.28. The number of amides is 2. The third kappa shape index (κ3) is 5.00. The van der Waals surface area contributed by atoms with Gasteiger partial charge in [-0.1, -0.05) is 13.0 Å². The second kappa shape index (κ2) is 10.4. The maximum Gasteiger partial charge on any atom is 0.296 e. The van der Waals surface area contributed by atoms with Gasteiger partial charge in [0.15, 0.2) is 5.69 Å². The second-order valence-corrected chi connectivity index (χ2v) is 8.70. The van der Waals surface area contributed by atoms with Gasteiger partial charge in [-0.3, -0.25) is 19.0 Å². The molecule has 0 fully saturated rings. The number of halogens is 1. The molecule has 188 valence electrons. The van der Waals surface area contributed by atoms with Crippen molar-refractivity contribution < 1.29 is 28.6 Å². The van der Waals surface area contributed by atoms with Crippen molar-refractivity contribution in [1.29, 1.82) is 0 Å². The standard InChI is InChI=1S/C24H29FN4O6/c1-3-16-12-34-13-17-22-27-20(21(31)24(33)29(16)22)23(32)26-11-14-7-8-15(25)10-18(14)35-9-5-4-6-19(30)28(17)2/h7-8,10,16-17,31H,3-6,9,11-13H2,1-2H3,(H,26,32). The Morgan fingerprint density at radius 1 is 1.23 bits per heavy atom. The molecule has 2 atom stereocenters. The number of rotatable bonds is 1. The van der Waals surface area contributed by atoms with Crippen LogP contribution in [0.15, 0.2) is 23.0 Å². The summed E-state index contributed by atoms with van der Waals surface area (Å²) in [5.41, 5.74) is -0.693. The number of benzene rings is 1. The molecule has 2 aromatic rings. The van der Waals surface area contributed by atoms with Crippen LogP contribution in [0, 0.1) is 5.82 Å². The molecule has 4 rings (SSSR count). The average molecular weight is 489 g/mol. The highest BCUT2D eigenvalue weighted by Gasteiger charge is 2.34. The highest BCUT2D eigenvalue weighted by molar-refractivity contribution is 5.94. The van der Waals surface area contributed by atoms with Crippen molar-refractivity contribution in [1.82, 2.24) is 19.8 Å². The molecule has 1 aromatic heterocycles. The van der Waals surface area contributed by atoms with Crippen molar-refractivity contribution in [2.24, 2.45) is 0 Å². The fourth-order valence-corrected chi connectivity index (χ4v) is 4.32. The summed E-state index contributed by atoms with van der Waals surface area (Å²) in [7, 11) is 1.60. The van der Waals surface area contributed by atoms with E-state index in [1.165, 1.54) is 27.7 Å². The van der Waals surface area contributed by atoms with E-state index in [2.05, 4.69) is 10.3 Å². The van der Waals surface area contributed by atoms with E-state index in [4.69, 9.17) is 9.47 Å². The molecule has 3 heterocycles. The SMILES string of the molecule is CCC1COCC2c3nc(c(O)c(=O)n31)C(=O)NCc1ccc(F)cc1OCCCCC(=O)N2C. The molecule has 2 amide bonds. The summed E-state index contributed by atoms with van der Waals surface area (Å²) in [6, 6.07) is 2.84. The van der Waals surface area contributed by atoms with Crippen LogP contribution < -0.4 is 15.6 Å². The Morgan fingerprint density at radius 2 is 2.03 bits per heavy atom. The first-order valence-electron chi connectivity index (χ1n) is 11.7. The second-order valence-electron chi connectivity index (χ2n) is 8.70. The Balaban J connectivity index is 1.81. The van der Waals surface area contributed by atoms with Crippen LogP contribution in [-0.4, -0.2) is 58.2 Å². The Kier molecular flexibility index (Phi) is 7.34. The molecular weight excluding hydrogens is 459 g/mol. The summed E-state index contributed by atoms with van der Waals surface area (Å²) >= 11 is 0. The van der Waals surface area contributed by atoms with E-state index >= 15 is 0 Å². The van der Waals surface area contributed by atoms with Crippen LogP contribution in [-0.2, 0) is 16.1 Å². The van der Waals surface area contributed by atoms with Gasteiger partial charge in [0.05, 0.1) is 25.9 Å². The topological polar surface area (TPSA) is 123 Å². The highest BCUT2D eigenvalue weighted by Crippen LogP contribution is 2.29. The molecule has 0 aliphatic carbocycles. The monoisotopic (exact) mass is 488 g/mol. The predicted octanol–water partition coefficient (Wildman–Crippen LogP) is 2.06.